The summed E-state index contributed by atoms with van der Waals surface area (Å²) in [7, 11) is 0. The fourth-order valence-electron chi connectivity index (χ4n) is 11.7. The van der Waals surface area contributed by atoms with Crippen molar-refractivity contribution >= 4 is 34.7 Å². The van der Waals surface area contributed by atoms with Gasteiger partial charge in [0.1, 0.15) is 5.76 Å². The van der Waals surface area contributed by atoms with E-state index in [0.717, 1.165) is 37.0 Å². The zero-order chi connectivity index (χ0) is 44.4. The lowest BCUT2D eigenvalue weighted by Gasteiger charge is -2.47. The molecule has 1 N–H and O–H groups in total. The van der Waals surface area contributed by atoms with Gasteiger partial charge in [0.05, 0.1) is 11.3 Å². The van der Waals surface area contributed by atoms with Gasteiger partial charge in [-0.3, -0.25) is 0 Å². The molecule has 0 radical (unpaired) electrons. The summed E-state index contributed by atoms with van der Waals surface area (Å²) in [5, 5.41) is 4.18. The number of aryl methyl sites for hydroxylation is 4. The molecule has 0 saturated heterocycles. The van der Waals surface area contributed by atoms with Crippen molar-refractivity contribution in [3.63, 3.8) is 0 Å². The number of rotatable bonds is 6. The molecule has 0 fully saturated rings. The molecule has 3 heteroatoms. The second kappa shape index (κ2) is 14.5. The lowest BCUT2D eigenvalue weighted by molar-refractivity contribution is 0.282. The van der Waals surface area contributed by atoms with Crippen LogP contribution in [0.4, 0.5) is 11.4 Å². The van der Waals surface area contributed by atoms with Crippen LogP contribution in [0, 0.1) is 20.8 Å². The monoisotopic (exact) mass is 814 g/mol. The first kappa shape index (κ1) is 43.7. The van der Waals surface area contributed by atoms with Crippen LogP contribution < -0.4 is 21.9 Å². The van der Waals surface area contributed by atoms with Gasteiger partial charge in [0.2, 0.25) is 0 Å². The number of hydrogen-bond donors (Lipinski definition) is 1. The third-order valence-electron chi connectivity index (χ3n) is 15.7. The third-order valence-corrected chi connectivity index (χ3v) is 15.7. The second-order valence-electron chi connectivity index (χ2n) is 24.5. The van der Waals surface area contributed by atoms with Gasteiger partial charge in [0, 0.05) is 22.6 Å². The third kappa shape index (κ3) is 7.56. The Morgan fingerprint density at radius 2 is 1.23 bits per heavy atom. The molecule has 61 heavy (non-hydrogen) atoms. The van der Waals surface area contributed by atoms with Crippen LogP contribution in [-0.4, -0.2) is 6.71 Å². The van der Waals surface area contributed by atoms with E-state index >= 15 is 0 Å². The maximum atomic E-state index is 7.69. The summed E-state index contributed by atoms with van der Waals surface area (Å²) in [5.74, 6) is 1.43. The van der Waals surface area contributed by atoms with Crippen molar-refractivity contribution in [2.45, 2.75) is 195 Å². The topological polar surface area (TPSA) is 25.2 Å². The van der Waals surface area contributed by atoms with Gasteiger partial charge in [-0.25, -0.2) is 0 Å². The average Bonchev–Trinajstić information content (AvgIpc) is 3.55. The quantitative estimate of drug-likeness (QED) is 0.173. The van der Waals surface area contributed by atoms with Crippen molar-refractivity contribution in [1.29, 1.82) is 0 Å². The molecule has 5 aromatic rings. The minimum Gasteiger partial charge on any atom is -0.472 e. The number of benzene rings is 4. The van der Waals surface area contributed by atoms with Crippen molar-refractivity contribution in [3.05, 3.63) is 134 Å². The Bertz CT molecular complexity index is 2510. The highest BCUT2D eigenvalue weighted by molar-refractivity contribution is 6.97. The smallest absolute Gasteiger partial charge is 0.291 e. The number of anilines is 2. The molecule has 0 amide bonds. The van der Waals surface area contributed by atoms with E-state index in [4.69, 9.17) is 4.42 Å². The molecule has 1 aromatic heterocycles. The van der Waals surface area contributed by atoms with Crippen molar-refractivity contribution in [1.82, 2.24) is 0 Å². The number of hydrogen-bond acceptors (Lipinski definition) is 2. The van der Waals surface area contributed by atoms with Crippen molar-refractivity contribution in [2.75, 3.05) is 5.32 Å². The maximum absolute atomic E-state index is 7.69. The molecule has 2 aliphatic carbocycles. The van der Waals surface area contributed by atoms with Gasteiger partial charge in [0.25, 0.3) is 6.71 Å². The van der Waals surface area contributed by atoms with Crippen LogP contribution in [0.1, 0.15) is 202 Å². The van der Waals surface area contributed by atoms with Gasteiger partial charge in [0.15, 0.2) is 0 Å². The summed E-state index contributed by atoms with van der Waals surface area (Å²) in [6.07, 6.45) is 6.70. The van der Waals surface area contributed by atoms with Gasteiger partial charge in [-0.1, -0.05) is 180 Å². The summed E-state index contributed by atoms with van der Waals surface area (Å²) >= 11 is 0. The summed E-state index contributed by atoms with van der Waals surface area (Å²) in [4.78, 5) is 0. The molecule has 2 heterocycles. The van der Waals surface area contributed by atoms with E-state index in [-0.39, 0.29) is 45.1 Å². The minimum absolute atomic E-state index is 0.0447. The van der Waals surface area contributed by atoms with Crippen LogP contribution in [-0.2, 0) is 38.9 Å². The normalized spacial score (nSPS) is 19.8. The number of fused-ring (bicyclic) bond motifs is 5. The molecule has 4 aromatic carbocycles. The second-order valence-corrected chi connectivity index (χ2v) is 24.5. The highest BCUT2D eigenvalue weighted by Crippen LogP contribution is 2.52. The highest BCUT2D eigenvalue weighted by atomic mass is 16.3. The lowest BCUT2D eigenvalue weighted by Crippen LogP contribution is -2.60. The first-order chi connectivity index (χ1) is 28.2. The molecule has 0 bridgehead atoms. The van der Waals surface area contributed by atoms with Crippen molar-refractivity contribution in [3.8, 4) is 0 Å². The fraction of sp³-hybridized carbons (Fsp3) is 0.517. The Kier molecular flexibility index (Phi) is 10.4. The Morgan fingerprint density at radius 1 is 0.639 bits per heavy atom. The van der Waals surface area contributed by atoms with Crippen molar-refractivity contribution < 1.29 is 4.42 Å². The van der Waals surface area contributed by atoms with Crippen molar-refractivity contribution in [2.24, 2.45) is 0 Å². The number of furan rings is 1. The molecule has 1 atom stereocenters. The van der Waals surface area contributed by atoms with E-state index in [9.17, 15) is 0 Å². The first-order valence-corrected chi connectivity index (χ1v) is 23.7. The van der Waals surface area contributed by atoms with E-state index in [2.05, 4.69) is 190 Å². The van der Waals surface area contributed by atoms with Crippen LogP contribution in [0.15, 0.2) is 71.1 Å². The molecular weight excluding hydrogens is 737 g/mol. The van der Waals surface area contributed by atoms with Gasteiger partial charge < -0.3 is 9.73 Å². The lowest BCUT2D eigenvalue weighted by atomic mass is 9.32. The summed E-state index contributed by atoms with van der Waals surface area (Å²) in [6, 6.07) is 26.7. The Morgan fingerprint density at radius 3 is 1.85 bits per heavy atom. The predicted octanol–water partition coefficient (Wildman–Crippen LogP) is 13.8. The van der Waals surface area contributed by atoms with Crippen LogP contribution in [0.2, 0.25) is 0 Å². The summed E-state index contributed by atoms with van der Waals surface area (Å²) in [5.41, 5.74) is 22.3. The zero-order valence-corrected chi connectivity index (χ0v) is 41.2. The molecule has 0 spiro atoms. The van der Waals surface area contributed by atoms with Gasteiger partial charge in [-0.15, -0.1) is 0 Å². The standard InChI is InChI=1S/C58H76BNO/c1-35-32-37(3)49-42(33-35)41(24-20-38-18-21-39(22-19-38)53(4,5)6)46-44(26-25-43-47(46)56(12,13)29-28-55(43,10)11)59(49)52-50(48-51(61-52)58(16,17)31-30-57(48,14)15)60-45-27-23-40(34-36(45)2)54(7,8)9/h18-19,21-23,25-27,32-34,41,60H,20,24,28-31H2,1-17H3. The van der Waals surface area contributed by atoms with E-state index < -0.39 is 0 Å². The van der Waals surface area contributed by atoms with E-state index in [0.29, 0.717) is 0 Å². The summed E-state index contributed by atoms with van der Waals surface area (Å²) in [6.45, 7) is 40.5. The fourth-order valence-corrected chi connectivity index (χ4v) is 11.7. The SMILES string of the molecule is Cc1cc(C)c2c(c1)C(CCc1ccc(C(C)(C)C)cc1)c1c(ccc3c1C(C)(C)CCC3(C)C)B2c1oc2c(c1Nc1ccc(C(C)(C)C)cc1C)C(C)(C)CCC2(C)C. The Labute approximate surface area is 371 Å². The molecule has 0 saturated carbocycles. The first-order valence-electron chi connectivity index (χ1n) is 23.7. The van der Waals surface area contributed by atoms with E-state index in [1.165, 1.54) is 79.7 Å². The molecule has 322 valence electrons. The average molecular weight is 814 g/mol. The van der Waals surface area contributed by atoms with Crippen LogP contribution in [0.5, 0.6) is 0 Å². The van der Waals surface area contributed by atoms with E-state index in [1.54, 1.807) is 16.7 Å². The largest absolute Gasteiger partial charge is 0.472 e. The zero-order valence-electron chi connectivity index (χ0n) is 41.2. The van der Waals surface area contributed by atoms with Gasteiger partial charge in [-0.05, 0) is 137 Å². The molecular formula is C58H76BNO. The molecule has 1 aliphatic heterocycles. The van der Waals surface area contributed by atoms with E-state index in [1.807, 2.05) is 0 Å². The number of nitrogens with one attached hydrogen (secondary N) is 1. The minimum atomic E-state index is -0.0831. The van der Waals surface area contributed by atoms with Crippen LogP contribution in [0.25, 0.3) is 0 Å². The summed E-state index contributed by atoms with van der Waals surface area (Å²) < 4.78 is 7.69. The van der Waals surface area contributed by atoms with Gasteiger partial charge >= 0.3 is 0 Å². The Hall–Kier alpha value is -3.98. The molecule has 1 unspecified atom stereocenters. The van der Waals surface area contributed by atoms with Crippen LogP contribution >= 0.6 is 0 Å². The molecule has 8 rings (SSSR count). The maximum Gasteiger partial charge on any atom is 0.291 e. The highest BCUT2D eigenvalue weighted by Gasteiger charge is 2.50. The molecule has 2 nitrogen and oxygen atoms in total. The predicted molar refractivity (Wildman–Crippen MR) is 265 cm³/mol. The van der Waals surface area contributed by atoms with Crippen LogP contribution in [0.3, 0.4) is 0 Å². The van der Waals surface area contributed by atoms with Gasteiger partial charge in [-0.2, -0.15) is 0 Å². The molecule has 3 aliphatic rings. The Balaban J connectivity index is 1.41.